The van der Waals surface area contributed by atoms with Crippen LogP contribution in [0.5, 0.6) is 0 Å². The summed E-state index contributed by atoms with van der Waals surface area (Å²) in [7, 11) is 0. The molecule has 0 aromatic rings. The van der Waals surface area contributed by atoms with E-state index in [1.165, 1.54) is 0 Å². The summed E-state index contributed by atoms with van der Waals surface area (Å²) in [6.45, 7) is 2.14. The van der Waals surface area contributed by atoms with Crippen molar-refractivity contribution in [2.75, 3.05) is 19.9 Å². The molecule has 0 saturated heterocycles. The van der Waals surface area contributed by atoms with Crippen molar-refractivity contribution >= 4 is 0 Å². The van der Waals surface area contributed by atoms with E-state index >= 15 is 0 Å². The Balaban J connectivity index is 3.63. The highest BCUT2D eigenvalue weighted by atomic mass is 19.4. The molecular formula is C8H16F3NO2. The Morgan fingerprint density at radius 1 is 1.29 bits per heavy atom. The van der Waals surface area contributed by atoms with Crippen molar-refractivity contribution in [2.45, 2.75) is 32.0 Å². The van der Waals surface area contributed by atoms with Gasteiger partial charge in [-0.3, -0.25) is 0 Å². The Hall–Kier alpha value is -0.330. The second-order valence-corrected chi connectivity index (χ2v) is 3.23. The smallest absolute Gasteiger partial charge is 0.348 e. The molecule has 1 atom stereocenters. The summed E-state index contributed by atoms with van der Waals surface area (Å²) in [5.74, 6) is 0. The third-order valence-electron chi connectivity index (χ3n) is 1.94. The molecule has 86 valence electrons. The summed E-state index contributed by atoms with van der Waals surface area (Å²) < 4.78 is 44.3. The summed E-state index contributed by atoms with van der Waals surface area (Å²) in [6.07, 6.45) is -3.69. The largest absolute Gasteiger partial charge is 0.411 e. The van der Waals surface area contributed by atoms with Gasteiger partial charge in [0.15, 0.2) is 0 Å². The van der Waals surface area contributed by atoms with Crippen molar-refractivity contribution in [1.29, 1.82) is 0 Å². The third kappa shape index (κ3) is 6.17. The highest BCUT2D eigenvalue weighted by molar-refractivity contribution is 4.72. The van der Waals surface area contributed by atoms with Gasteiger partial charge in [0.05, 0.1) is 5.60 Å². The van der Waals surface area contributed by atoms with E-state index in [1.807, 2.05) is 6.92 Å². The quantitative estimate of drug-likeness (QED) is 0.541. The van der Waals surface area contributed by atoms with E-state index in [0.29, 0.717) is 6.42 Å². The number of nitrogens with two attached hydrogens (primary N) is 1. The van der Waals surface area contributed by atoms with Crippen LogP contribution in [0.1, 0.15) is 20.3 Å². The van der Waals surface area contributed by atoms with Gasteiger partial charge in [0.2, 0.25) is 0 Å². The lowest BCUT2D eigenvalue weighted by Gasteiger charge is -2.26. The van der Waals surface area contributed by atoms with Gasteiger partial charge < -0.3 is 15.2 Å². The highest BCUT2D eigenvalue weighted by Gasteiger charge is 2.28. The molecule has 3 nitrogen and oxygen atoms in total. The topological polar surface area (TPSA) is 44.5 Å². The molecule has 0 heterocycles. The van der Waals surface area contributed by atoms with Gasteiger partial charge in [0.25, 0.3) is 0 Å². The van der Waals surface area contributed by atoms with Crippen molar-refractivity contribution < 1.29 is 22.6 Å². The van der Waals surface area contributed by atoms with Crippen molar-refractivity contribution in [3.63, 3.8) is 0 Å². The SMILES string of the molecule is CCC(C)(CN)OCOCC(F)(F)F. The van der Waals surface area contributed by atoms with Gasteiger partial charge in [0.1, 0.15) is 13.4 Å². The predicted molar refractivity (Wildman–Crippen MR) is 45.7 cm³/mol. The lowest BCUT2D eigenvalue weighted by molar-refractivity contribution is -0.213. The molecule has 0 aliphatic rings. The van der Waals surface area contributed by atoms with Crippen LogP contribution in [0.15, 0.2) is 0 Å². The lowest BCUT2D eigenvalue weighted by Crippen LogP contribution is -2.38. The Morgan fingerprint density at radius 2 is 1.86 bits per heavy atom. The van der Waals surface area contributed by atoms with Gasteiger partial charge in [-0.05, 0) is 13.3 Å². The van der Waals surface area contributed by atoms with Crippen molar-refractivity contribution in [3.8, 4) is 0 Å². The zero-order valence-corrected chi connectivity index (χ0v) is 8.36. The molecule has 0 rings (SSSR count). The van der Waals surface area contributed by atoms with Crippen LogP contribution in [0.4, 0.5) is 13.2 Å². The molecular weight excluding hydrogens is 199 g/mol. The van der Waals surface area contributed by atoms with Crippen LogP contribution in [-0.4, -0.2) is 31.7 Å². The molecule has 0 radical (unpaired) electrons. The summed E-state index contributed by atoms with van der Waals surface area (Å²) in [5, 5.41) is 0. The number of ether oxygens (including phenoxy) is 2. The molecule has 6 heteroatoms. The van der Waals surface area contributed by atoms with E-state index in [-0.39, 0.29) is 13.3 Å². The zero-order valence-electron chi connectivity index (χ0n) is 8.36. The molecule has 0 fully saturated rings. The molecule has 0 amide bonds. The number of hydrogen-bond acceptors (Lipinski definition) is 3. The van der Waals surface area contributed by atoms with Gasteiger partial charge in [-0.15, -0.1) is 0 Å². The van der Waals surface area contributed by atoms with Gasteiger partial charge in [0, 0.05) is 6.54 Å². The second kappa shape index (κ2) is 5.53. The van der Waals surface area contributed by atoms with Crippen LogP contribution in [0.3, 0.4) is 0 Å². The first-order valence-corrected chi connectivity index (χ1v) is 4.31. The fourth-order valence-corrected chi connectivity index (χ4v) is 0.647. The van der Waals surface area contributed by atoms with Gasteiger partial charge in [-0.25, -0.2) is 0 Å². The minimum absolute atomic E-state index is 0.249. The van der Waals surface area contributed by atoms with E-state index < -0.39 is 18.4 Å². The number of hydrogen-bond donors (Lipinski definition) is 1. The first kappa shape index (κ1) is 13.7. The summed E-state index contributed by atoms with van der Waals surface area (Å²) in [5.41, 5.74) is 4.78. The van der Waals surface area contributed by atoms with Crippen molar-refractivity contribution in [3.05, 3.63) is 0 Å². The average molecular weight is 215 g/mol. The van der Waals surface area contributed by atoms with E-state index in [4.69, 9.17) is 10.5 Å². The molecule has 0 aromatic carbocycles. The van der Waals surface area contributed by atoms with Crippen LogP contribution >= 0.6 is 0 Å². The van der Waals surface area contributed by atoms with E-state index in [2.05, 4.69) is 4.74 Å². The molecule has 0 spiro atoms. The predicted octanol–water partition coefficient (Wildman–Crippen LogP) is 1.67. The van der Waals surface area contributed by atoms with Crippen molar-refractivity contribution in [2.24, 2.45) is 5.73 Å². The summed E-state index contributed by atoms with van der Waals surface area (Å²) in [4.78, 5) is 0. The molecule has 0 aliphatic heterocycles. The minimum Gasteiger partial charge on any atom is -0.348 e. The van der Waals surface area contributed by atoms with Crippen LogP contribution in [0, 0.1) is 0 Å². The Labute approximate surface area is 81.4 Å². The van der Waals surface area contributed by atoms with Crippen molar-refractivity contribution in [1.82, 2.24) is 0 Å². The van der Waals surface area contributed by atoms with E-state index in [0.717, 1.165) is 0 Å². The molecule has 0 saturated carbocycles. The monoisotopic (exact) mass is 215 g/mol. The van der Waals surface area contributed by atoms with Gasteiger partial charge >= 0.3 is 6.18 Å². The first-order chi connectivity index (χ1) is 6.33. The normalized spacial score (nSPS) is 16.7. The molecule has 0 aromatic heterocycles. The Bertz CT molecular complexity index is 157. The number of rotatable bonds is 6. The van der Waals surface area contributed by atoms with Gasteiger partial charge in [-0.1, -0.05) is 6.92 Å². The average Bonchev–Trinajstić information content (AvgIpc) is 2.11. The van der Waals surface area contributed by atoms with Crippen LogP contribution < -0.4 is 5.73 Å². The molecule has 0 bridgehead atoms. The fraction of sp³-hybridized carbons (Fsp3) is 1.00. The fourth-order valence-electron chi connectivity index (χ4n) is 0.647. The van der Waals surface area contributed by atoms with Crippen LogP contribution in [-0.2, 0) is 9.47 Å². The maximum Gasteiger partial charge on any atom is 0.411 e. The van der Waals surface area contributed by atoms with Crippen LogP contribution in [0.2, 0.25) is 0 Å². The zero-order chi connectivity index (χ0) is 11.2. The third-order valence-corrected chi connectivity index (χ3v) is 1.94. The number of halogens is 3. The maximum absolute atomic E-state index is 11.6. The van der Waals surface area contributed by atoms with E-state index in [1.54, 1.807) is 6.92 Å². The molecule has 14 heavy (non-hydrogen) atoms. The second-order valence-electron chi connectivity index (χ2n) is 3.23. The first-order valence-electron chi connectivity index (χ1n) is 4.31. The minimum atomic E-state index is -4.31. The standard InChI is InChI=1S/C8H16F3NO2/c1-3-7(2,4-12)14-6-13-5-8(9,10)11/h3-6,12H2,1-2H3. The molecule has 0 aliphatic carbocycles. The number of alkyl halides is 3. The maximum atomic E-state index is 11.6. The summed E-state index contributed by atoms with van der Waals surface area (Å²) >= 11 is 0. The van der Waals surface area contributed by atoms with Gasteiger partial charge in [-0.2, -0.15) is 13.2 Å². The van der Waals surface area contributed by atoms with E-state index in [9.17, 15) is 13.2 Å². The Morgan fingerprint density at radius 3 is 2.21 bits per heavy atom. The molecule has 2 N–H and O–H groups in total. The lowest BCUT2D eigenvalue weighted by atomic mass is 10.0. The van der Waals surface area contributed by atoms with Crippen LogP contribution in [0.25, 0.3) is 0 Å². The highest BCUT2D eigenvalue weighted by Crippen LogP contribution is 2.16. The summed E-state index contributed by atoms with van der Waals surface area (Å²) in [6, 6.07) is 0. The molecule has 1 unspecified atom stereocenters. The Kier molecular flexibility index (Phi) is 5.40.